The van der Waals surface area contributed by atoms with Gasteiger partial charge >= 0.3 is 11.8 Å². The van der Waals surface area contributed by atoms with Crippen LogP contribution in [0.25, 0.3) is 0 Å². The molecule has 0 fully saturated rings. The average molecular weight is 499 g/mol. The summed E-state index contributed by atoms with van der Waals surface area (Å²) in [4.78, 5) is 35.8. The third-order valence-corrected chi connectivity index (χ3v) is 5.05. The number of anilines is 2. The van der Waals surface area contributed by atoms with E-state index in [4.69, 9.17) is 27.9 Å². The molecule has 3 aromatic rings. The van der Waals surface area contributed by atoms with Gasteiger partial charge in [0.1, 0.15) is 5.75 Å². The maximum atomic E-state index is 12.0. The summed E-state index contributed by atoms with van der Waals surface area (Å²) in [6.07, 6.45) is 1.37. The Morgan fingerprint density at radius 3 is 2.24 bits per heavy atom. The highest BCUT2D eigenvalue weighted by Gasteiger charge is 2.13. The van der Waals surface area contributed by atoms with Crippen molar-refractivity contribution in [2.75, 3.05) is 17.2 Å². The predicted octanol–water partition coefficient (Wildman–Crippen LogP) is 4.41. The Balaban J connectivity index is 1.43. The molecule has 0 unspecified atom stereocenters. The molecule has 0 heterocycles. The summed E-state index contributed by atoms with van der Waals surface area (Å²) in [5.74, 6) is -1.65. The number of hydrogen-bond acceptors (Lipinski definition) is 5. The first kappa shape index (κ1) is 24.8. The molecule has 0 aliphatic heterocycles. The first-order valence-corrected chi connectivity index (χ1v) is 10.7. The van der Waals surface area contributed by atoms with E-state index in [0.717, 1.165) is 5.56 Å². The van der Waals surface area contributed by atoms with Crippen molar-refractivity contribution < 1.29 is 19.1 Å². The smallest absolute Gasteiger partial charge is 0.329 e. The van der Waals surface area contributed by atoms with Gasteiger partial charge in [-0.2, -0.15) is 5.10 Å². The second-order valence-electron chi connectivity index (χ2n) is 7.03. The van der Waals surface area contributed by atoms with Crippen molar-refractivity contribution in [3.63, 3.8) is 0 Å². The minimum Gasteiger partial charge on any atom is -0.484 e. The van der Waals surface area contributed by atoms with Crippen molar-refractivity contribution in [2.45, 2.75) is 6.92 Å². The number of carbonyl (C=O) groups excluding carboxylic acids is 3. The molecule has 174 valence electrons. The van der Waals surface area contributed by atoms with E-state index in [1.54, 1.807) is 66.7 Å². The first-order valence-electron chi connectivity index (χ1n) is 9.99. The van der Waals surface area contributed by atoms with Gasteiger partial charge in [-0.25, -0.2) is 5.43 Å². The molecule has 0 spiro atoms. The number of ether oxygens (including phenoxy) is 1. The Morgan fingerprint density at radius 2 is 1.56 bits per heavy atom. The number of nitrogens with zero attached hydrogens (tertiary/aromatic N) is 1. The van der Waals surface area contributed by atoms with Gasteiger partial charge in [-0.05, 0) is 78.7 Å². The zero-order valence-corrected chi connectivity index (χ0v) is 19.5. The standard InChI is InChI=1S/C24H20Cl2N4O4/c1-15-2-7-19(12-21(15)26)29-23(32)24(33)30-27-13-16-3-10-20(11-4-16)34-14-22(31)28-18-8-5-17(25)6-9-18/h2-13H,14H2,1H3,(H,28,31)(H,29,32)(H,30,33)/b27-13-. The van der Waals surface area contributed by atoms with Gasteiger partial charge in [0.2, 0.25) is 0 Å². The number of rotatable bonds is 7. The van der Waals surface area contributed by atoms with Crippen LogP contribution in [0.5, 0.6) is 5.75 Å². The van der Waals surface area contributed by atoms with Crippen LogP contribution in [0.15, 0.2) is 71.8 Å². The summed E-state index contributed by atoms with van der Waals surface area (Å²) in [6, 6.07) is 18.3. The maximum absolute atomic E-state index is 12.0. The summed E-state index contributed by atoms with van der Waals surface area (Å²) in [7, 11) is 0. The van der Waals surface area contributed by atoms with Crippen LogP contribution in [0.3, 0.4) is 0 Å². The molecular formula is C24H20Cl2N4O4. The molecule has 0 saturated heterocycles. The SMILES string of the molecule is Cc1ccc(NC(=O)C(=O)N/N=C\c2ccc(OCC(=O)Nc3ccc(Cl)cc3)cc2)cc1Cl. The van der Waals surface area contributed by atoms with Crippen LogP contribution in [0.2, 0.25) is 10.0 Å². The fourth-order valence-corrected chi connectivity index (χ4v) is 2.91. The minimum atomic E-state index is -0.931. The van der Waals surface area contributed by atoms with E-state index in [1.807, 2.05) is 6.92 Å². The third kappa shape index (κ3) is 7.61. The molecule has 8 nitrogen and oxygen atoms in total. The number of hydrazone groups is 1. The summed E-state index contributed by atoms with van der Waals surface area (Å²) < 4.78 is 5.45. The zero-order valence-electron chi connectivity index (χ0n) is 18.0. The van der Waals surface area contributed by atoms with E-state index < -0.39 is 11.8 Å². The van der Waals surface area contributed by atoms with Gasteiger partial charge < -0.3 is 15.4 Å². The third-order valence-electron chi connectivity index (χ3n) is 4.39. The number of hydrogen-bond donors (Lipinski definition) is 3. The van der Waals surface area contributed by atoms with Crippen molar-refractivity contribution in [1.82, 2.24) is 5.43 Å². The second-order valence-corrected chi connectivity index (χ2v) is 7.87. The molecule has 0 aliphatic carbocycles. The number of carbonyl (C=O) groups is 3. The normalized spacial score (nSPS) is 10.6. The van der Waals surface area contributed by atoms with E-state index in [-0.39, 0.29) is 12.5 Å². The molecule has 10 heteroatoms. The van der Waals surface area contributed by atoms with Gasteiger partial charge in [0, 0.05) is 21.4 Å². The van der Waals surface area contributed by atoms with Crippen LogP contribution < -0.4 is 20.8 Å². The van der Waals surface area contributed by atoms with Crippen molar-refractivity contribution in [2.24, 2.45) is 5.10 Å². The van der Waals surface area contributed by atoms with Gasteiger partial charge in [0.05, 0.1) is 6.21 Å². The van der Waals surface area contributed by atoms with Gasteiger partial charge in [0.15, 0.2) is 6.61 Å². The highest BCUT2D eigenvalue weighted by Crippen LogP contribution is 2.20. The highest BCUT2D eigenvalue weighted by atomic mass is 35.5. The molecule has 0 aliphatic rings. The van der Waals surface area contributed by atoms with Gasteiger partial charge in [0.25, 0.3) is 5.91 Å². The molecular weight excluding hydrogens is 479 g/mol. The van der Waals surface area contributed by atoms with Crippen molar-refractivity contribution in [3.05, 3.63) is 87.9 Å². The van der Waals surface area contributed by atoms with E-state index in [1.165, 1.54) is 6.21 Å². The predicted molar refractivity (Wildman–Crippen MR) is 133 cm³/mol. The minimum absolute atomic E-state index is 0.173. The Hall–Kier alpha value is -3.88. The summed E-state index contributed by atoms with van der Waals surface area (Å²) in [5.41, 5.74) is 4.66. The van der Waals surface area contributed by atoms with Crippen molar-refractivity contribution >= 4 is 58.5 Å². The number of nitrogens with one attached hydrogen (secondary N) is 3. The number of amides is 3. The van der Waals surface area contributed by atoms with E-state index in [0.29, 0.717) is 32.7 Å². The van der Waals surface area contributed by atoms with Crippen LogP contribution in [0.4, 0.5) is 11.4 Å². The molecule has 3 N–H and O–H groups in total. The quantitative estimate of drug-likeness (QED) is 0.254. The second kappa shape index (κ2) is 11.8. The van der Waals surface area contributed by atoms with E-state index >= 15 is 0 Å². The molecule has 0 bridgehead atoms. The lowest BCUT2D eigenvalue weighted by atomic mass is 10.2. The highest BCUT2D eigenvalue weighted by molar-refractivity contribution is 6.39. The fourth-order valence-electron chi connectivity index (χ4n) is 2.60. The fraction of sp³-hybridized carbons (Fsp3) is 0.0833. The molecule has 3 amide bonds. The molecule has 34 heavy (non-hydrogen) atoms. The van der Waals surface area contributed by atoms with Crippen LogP contribution in [-0.2, 0) is 14.4 Å². The van der Waals surface area contributed by atoms with Gasteiger partial charge in [-0.15, -0.1) is 0 Å². The van der Waals surface area contributed by atoms with Crippen LogP contribution in [0, 0.1) is 6.92 Å². The number of aryl methyl sites for hydroxylation is 1. The lowest BCUT2D eigenvalue weighted by Crippen LogP contribution is -2.32. The lowest BCUT2D eigenvalue weighted by molar-refractivity contribution is -0.136. The number of halogens is 2. The van der Waals surface area contributed by atoms with Crippen molar-refractivity contribution in [3.8, 4) is 5.75 Å². The monoisotopic (exact) mass is 498 g/mol. The summed E-state index contributed by atoms with van der Waals surface area (Å²) in [6.45, 7) is 1.65. The van der Waals surface area contributed by atoms with E-state index in [9.17, 15) is 14.4 Å². The number of benzene rings is 3. The average Bonchev–Trinajstić information content (AvgIpc) is 2.82. The Bertz CT molecular complexity index is 1210. The van der Waals surface area contributed by atoms with Gasteiger partial charge in [-0.3, -0.25) is 14.4 Å². The molecule has 3 aromatic carbocycles. The lowest BCUT2D eigenvalue weighted by Gasteiger charge is -2.08. The largest absolute Gasteiger partial charge is 0.484 e. The first-order chi connectivity index (χ1) is 16.3. The molecule has 3 rings (SSSR count). The van der Waals surface area contributed by atoms with Crippen LogP contribution >= 0.6 is 23.2 Å². The maximum Gasteiger partial charge on any atom is 0.329 e. The Labute approximate surface area is 205 Å². The molecule has 0 radical (unpaired) electrons. The van der Waals surface area contributed by atoms with Gasteiger partial charge in [-0.1, -0.05) is 29.3 Å². The topological polar surface area (TPSA) is 109 Å². The molecule has 0 saturated carbocycles. The zero-order chi connectivity index (χ0) is 24.5. The van der Waals surface area contributed by atoms with Crippen LogP contribution in [0.1, 0.15) is 11.1 Å². The Kier molecular flexibility index (Phi) is 8.61. The molecule has 0 aromatic heterocycles. The van der Waals surface area contributed by atoms with E-state index in [2.05, 4.69) is 21.2 Å². The van der Waals surface area contributed by atoms with Crippen molar-refractivity contribution in [1.29, 1.82) is 0 Å². The summed E-state index contributed by atoms with van der Waals surface area (Å²) >= 11 is 11.8. The molecule has 0 atom stereocenters. The summed E-state index contributed by atoms with van der Waals surface area (Å²) in [5, 5.41) is 9.96. The Morgan fingerprint density at radius 1 is 0.882 bits per heavy atom. The van der Waals surface area contributed by atoms with Crippen LogP contribution in [-0.4, -0.2) is 30.5 Å².